The van der Waals surface area contributed by atoms with Gasteiger partial charge in [-0.3, -0.25) is 9.69 Å². The van der Waals surface area contributed by atoms with E-state index in [2.05, 4.69) is 0 Å². The average Bonchev–Trinajstić information content (AvgIpc) is 2.39. The van der Waals surface area contributed by atoms with E-state index in [1.807, 2.05) is 6.07 Å². The second-order valence-corrected chi connectivity index (χ2v) is 7.41. The van der Waals surface area contributed by atoms with Crippen molar-refractivity contribution in [3.63, 3.8) is 0 Å². The van der Waals surface area contributed by atoms with Gasteiger partial charge in [0.2, 0.25) is 5.91 Å². The Kier molecular flexibility index (Phi) is 5.71. The lowest BCUT2D eigenvalue weighted by Crippen LogP contribution is -2.47. The van der Waals surface area contributed by atoms with Gasteiger partial charge in [-0.1, -0.05) is 18.2 Å². The normalized spacial score (nSPS) is 12.6. The van der Waals surface area contributed by atoms with Gasteiger partial charge in [0.05, 0.1) is 12.8 Å². The molecule has 1 atom stereocenters. The van der Waals surface area contributed by atoms with E-state index in [0.717, 1.165) is 17.4 Å². The largest absolute Gasteiger partial charge is 0.467 e. The van der Waals surface area contributed by atoms with Gasteiger partial charge in [-0.2, -0.15) is 0 Å². The van der Waals surface area contributed by atoms with E-state index in [4.69, 9.17) is 4.74 Å². The molecule has 1 amide bonds. The Labute approximate surface area is 131 Å². The second-order valence-electron chi connectivity index (χ2n) is 5.27. The molecular weight excluding hydrogens is 306 g/mol. The minimum Gasteiger partial charge on any atom is -0.467 e. The van der Waals surface area contributed by atoms with Crippen LogP contribution in [0.1, 0.15) is 18.1 Å². The summed E-state index contributed by atoms with van der Waals surface area (Å²) in [6, 6.07) is 4.51. The summed E-state index contributed by atoms with van der Waals surface area (Å²) >= 11 is 0. The summed E-state index contributed by atoms with van der Waals surface area (Å²) in [6.07, 6.45) is 0.983. The Bertz CT molecular complexity index is 661. The Morgan fingerprint density at radius 2 is 1.73 bits per heavy atom. The standard InChI is InChI=1S/C15H21NO5S/c1-10-7-6-8-11(2)14(10)16(12(3)15(18)21-4)13(17)9-22(5,19)20/h6-8,12H,9H2,1-5H3. The summed E-state index contributed by atoms with van der Waals surface area (Å²) in [6.45, 7) is 5.11. The summed E-state index contributed by atoms with van der Waals surface area (Å²) in [5.74, 6) is -1.93. The van der Waals surface area contributed by atoms with E-state index < -0.39 is 33.5 Å². The number of carbonyl (C=O) groups is 2. The number of hydrogen-bond acceptors (Lipinski definition) is 5. The smallest absolute Gasteiger partial charge is 0.328 e. The van der Waals surface area contributed by atoms with Crippen molar-refractivity contribution in [2.45, 2.75) is 26.8 Å². The summed E-state index contributed by atoms with van der Waals surface area (Å²) in [5.41, 5.74) is 2.09. The first-order chi connectivity index (χ1) is 10.1. The van der Waals surface area contributed by atoms with Crippen molar-refractivity contribution in [2.24, 2.45) is 0 Å². The summed E-state index contributed by atoms with van der Waals surface area (Å²) in [7, 11) is -2.29. The molecule has 0 aromatic heterocycles. The lowest BCUT2D eigenvalue weighted by atomic mass is 10.1. The highest BCUT2D eigenvalue weighted by Crippen LogP contribution is 2.27. The minimum absolute atomic E-state index is 0.536. The van der Waals surface area contributed by atoms with E-state index in [1.165, 1.54) is 18.9 Å². The first-order valence-corrected chi connectivity index (χ1v) is 8.78. The summed E-state index contributed by atoms with van der Waals surface area (Å²) in [4.78, 5) is 25.5. The van der Waals surface area contributed by atoms with Crippen molar-refractivity contribution >= 4 is 27.4 Å². The SMILES string of the molecule is COC(=O)C(C)N(C(=O)CS(C)(=O)=O)c1c(C)cccc1C. The zero-order valence-corrected chi connectivity index (χ0v) is 14.2. The van der Waals surface area contributed by atoms with Crippen molar-refractivity contribution in [1.29, 1.82) is 0 Å². The quantitative estimate of drug-likeness (QED) is 0.760. The fourth-order valence-corrected chi connectivity index (χ4v) is 2.88. The van der Waals surface area contributed by atoms with Crippen LogP contribution in [-0.2, 0) is 24.2 Å². The number of nitrogens with zero attached hydrogens (tertiary/aromatic N) is 1. The van der Waals surface area contributed by atoms with Gasteiger partial charge in [0, 0.05) is 6.26 Å². The zero-order chi connectivity index (χ0) is 17.1. The highest BCUT2D eigenvalue weighted by Gasteiger charge is 2.31. The first-order valence-electron chi connectivity index (χ1n) is 6.72. The lowest BCUT2D eigenvalue weighted by molar-refractivity contribution is -0.142. The molecule has 1 unspecified atom stereocenters. The number of para-hydroxylation sites is 1. The molecule has 0 aliphatic rings. The maximum atomic E-state index is 12.5. The molecule has 0 N–H and O–H groups in total. The van der Waals surface area contributed by atoms with E-state index in [-0.39, 0.29) is 0 Å². The van der Waals surface area contributed by atoms with Crippen LogP contribution in [0.5, 0.6) is 0 Å². The first kappa shape index (κ1) is 18.2. The third-order valence-corrected chi connectivity index (χ3v) is 4.04. The molecular formula is C15H21NO5S. The Balaban J connectivity index is 3.40. The van der Waals surface area contributed by atoms with Crippen molar-refractivity contribution in [3.8, 4) is 0 Å². The molecule has 7 heteroatoms. The molecule has 122 valence electrons. The number of anilines is 1. The number of sulfone groups is 1. The Morgan fingerprint density at radius 1 is 1.23 bits per heavy atom. The maximum Gasteiger partial charge on any atom is 0.328 e. The third kappa shape index (κ3) is 4.30. The van der Waals surface area contributed by atoms with Crippen LogP contribution in [0.25, 0.3) is 0 Å². The summed E-state index contributed by atoms with van der Waals surface area (Å²) < 4.78 is 27.6. The van der Waals surface area contributed by atoms with Crippen molar-refractivity contribution in [2.75, 3.05) is 24.0 Å². The van der Waals surface area contributed by atoms with Crippen LogP contribution in [0.15, 0.2) is 18.2 Å². The number of carbonyl (C=O) groups excluding carboxylic acids is 2. The molecule has 6 nitrogen and oxygen atoms in total. The molecule has 0 fully saturated rings. The molecule has 0 spiro atoms. The number of rotatable bonds is 5. The van der Waals surface area contributed by atoms with Gasteiger partial charge >= 0.3 is 5.97 Å². The highest BCUT2D eigenvalue weighted by molar-refractivity contribution is 7.91. The van der Waals surface area contributed by atoms with Crippen LogP contribution >= 0.6 is 0 Å². The van der Waals surface area contributed by atoms with Gasteiger partial charge in [-0.05, 0) is 31.9 Å². The molecule has 1 aromatic carbocycles. The fraction of sp³-hybridized carbons (Fsp3) is 0.467. The van der Waals surface area contributed by atoms with Gasteiger partial charge in [0.25, 0.3) is 0 Å². The highest BCUT2D eigenvalue weighted by atomic mass is 32.2. The van der Waals surface area contributed by atoms with Gasteiger partial charge in [0.1, 0.15) is 11.8 Å². The molecule has 0 saturated heterocycles. The number of aryl methyl sites for hydroxylation is 2. The van der Waals surface area contributed by atoms with Crippen molar-refractivity contribution in [1.82, 2.24) is 0 Å². The molecule has 0 radical (unpaired) electrons. The number of esters is 1. The average molecular weight is 327 g/mol. The molecule has 0 aliphatic heterocycles. The number of amides is 1. The van der Waals surface area contributed by atoms with Gasteiger partial charge in [-0.15, -0.1) is 0 Å². The van der Waals surface area contributed by atoms with Crippen LogP contribution in [-0.4, -0.2) is 45.5 Å². The molecule has 0 heterocycles. The van der Waals surface area contributed by atoms with Crippen LogP contribution in [0.4, 0.5) is 5.69 Å². The van der Waals surface area contributed by atoms with Crippen LogP contribution < -0.4 is 4.90 Å². The Morgan fingerprint density at radius 3 is 2.14 bits per heavy atom. The molecule has 0 saturated carbocycles. The van der Waals surface area contributed by atoms with Crippen LogP contribution in [0.2, 0.25) is 0 Å². The predicted molar refractivity (Wildman–Crippen MR) is 84.6 cm³/mol. The minimum atomic E-state index is -3.51. The van der Waals surface area contributed by atoms with E-state index in [0.29, 0.717) is 5.69 Å². The summed E-state index contributed by atoms with van der Waals surface area (Å²) in [5, 5.41) is 0. The van der Waals surface area contributed by atoms with Crippen molar-refractivity contribution in [3.05, 3.63) is 29.3 Å². The van der Waals surface area contributed by atoms with E-state index in [9.17, 15) is 18.0 Å². The number of methoxy groups -OCH3 is 1. The van der Waals surface area contributed by atoms with Gasteiger partial charge < -0.3 is 4.74 Å². The van der Waals surface area contributed by atoms with Crippen LogP contribution in [0, 0.1) is 13.8 Å². The van der Waals surface area contributed by atoms with E-state index >= 15 is 0 Å². The lowest BCUT2D eigenvalue weighted by Gasteiger charge is -2.30. The predicted octanol–water partition coefficient (Wildman–Crippen LogP) is 1.24. The third-order valence-electron chi connectivity index (χ3n) is 3.26. The molecule has 0 bridgehead atoms. The fourth-order valence-electron chi connectivity index (χ4n) is 2.29. The molecule has 0 aliphatic carbocycles. The zero-order valence-electron chi connectivity index (χ0n) is 13.4. The van der Waals surface area contributed by atoms with Crippen molar-refractivity contribution < 1.29 is 22.7 Å². The number of hydrogen-bond donors (Lipinski definition) is 0. The van der Waals surface area contributed by atoms with Gasteiger partial charge in [-0.25, -0.2) is 13.2 Å². The van der Waals surface area contributed by atoms with Gasteiger partial charge in [0.15, 0.2) is 9.84 Å². The molecule has 22 heavy (non-hydrogen) atoms. The second kappa shape index (κ2) is 6.91. The molecule has 1 rings (SSSR count). The number of ether oxygens (including phenoxy) is 1. The topological polar surface area (TPSA) is 80.8 Å². The van der Waals surface area contributed by atoms with Crippen LogP contribution in [0.3, 0.4) is 0 Å². The molecule has 1 aromatic rings. The monoisotopic (exact) mass is 327 g/mol. The number of benzene rings is 1. The maximum absolute atomic E-state index is 12.5. The Hall–Kier alpha value is -1.89. The van der Waals surface area contributed by atoms with E-state index in [1.54, 1.807) is 26.0 Å².